The molecule has 3 aromatic rings. The van der Waals surface area contributed by atoms with Crippen molar-refractivity contribution in [1.29, 1.82) is 0 Å². The maximum absolute atomic E-state index is 14.0. The highest BCUT2D eigenvalue weighted by Crippen LogP contribution is 2.26. The number of amides is 2. The van der Waals surface area contributed by atoms with Crippen molar-refractivity contribution in [3.63, 3.8) is 0 Å². The second-order valence-corrected chi connectivity index (χ2v) is 11.1. The van der Waals surface area contributed by atoms with E-state index in [0.29, 0.717) is 24.4 Å². The van der Waals surface area contributed by atoms with Gasteiger partial charge in [-0.15, -0.1) is 0 Å². The minimum absolute atomic E-state index is 0.0257. The fourth-order valence-electron chi connectivity index (χ4n) is 4.17. The number of rotatable bonds is 13. The van der Waals surface area contributed by atoms with Crippen LogP contribution in [-0.4, -0.2) is 51.4 Å². The van der Waals surface area contributed by atoms with Crippen LogP contribution in [0.2, 0.25) is 0 Å². The summed E-state index contributed by atoms with van der Waals surface area (Å²) in [4.78, 5) is 28.6. The summed E-state index contributed by atoms with van der Waals surface area (Å²) < 4.78 is 33.9. The lowest BCUT2D eigenvalue weighted by Gasteiger charge is -2.33. The number of methoxy groups -OCH3 is 1. The van der Waals surface area contributed by atoms with Crippen LogP contribution >= 0.6 is 0 Å². The van der Waals surface area contributed by atoms with Crippen LogP contribution in [0.5, 0.6) is 5.75 Å². The molecule has 1 unspecified atom stereocenters. The first-order chi connectivity index (χ1) is 18.7. The van der Waals surface area contributed by atoms with Gasteiger partial charge in [-0.25, -0.2) is 8.42 Å². The molecule has 39 heavy (non-hydrogen) atoms. The molecule has 2 amide bonds. The van der Waals surface area contributed by atoms with Crippen molar-refractivity contribution in [3.8, 4) is 5.75 Å². The monoisotopic (exact) mass is 551 g/mol. The van der Waals surface area contributed by atoms with Gasteiger partial charge in [0.1, 0.15) is 18.3 Å². The van der Waals surface area contributed by atoms with E-state index in [9.17, 15) is 18.0 Å². The molecule has 0 saturated heterocycles. The predicted molar refractivity (Wildman–Crippen MR) is 153 cm³/mol. The van der Waals surface area contributed by atoms with Crippen LogP contribution in [0.4, 0.5) is 5.69 Å². The van der Waals surface area contributed by atoms with Crippen LogP contribution in [0.25, 0.3) is 0 Å². The summed E-state index contributed by atoms with van der Waals surface area (Å²) in [6.07, 6.45) is 1.14. The number of benzene rings is 3. The lowest BCUT2D eigenvalue weighted by atomic mass is 10.1. The normalized spacial score (nSPS) is 11.9. The van der Waals surface area contributed by atoms with E-state index in [1.807, 2.05) is 45.0 Å². The molecule has 8 nitrogen and oxygen atoms in total. The first kappa shape index (κ1) is 29.7. The van der Waals surface area contributed by atoms with Crippen LogP contribution in [0, 0.1) is 6.92 Å². The summed E-state index contributed by atoms with van der Waals surface area (Å²) in [5.74, 6) is -0.219. The Morgan fingerprint density at radius 1 is 0.923 bits per heavy atom. The number of aryl methyl sites for hydroxylation is 1. The molecule has 0 bridgehead atoms. The molecule has 0 fully saturated rings. The molecule has 9 heteroatoms. The summed E-state index contributed by atoms with van der Waals surface area (Å²) >= 11 is 0. The molecule has 1 atom stereocenters. The number of nitrogens with zero attached hydrogens (tertiary/aromatic N) is 2. The van der Waals surface area contributed by atoms with Gasteiger partial charge in [0.05, 0.1) is 17.7 Å². The average Bonchev–Trinajstić information content (AvgIpc) is 2.95. The fraction of sp³-hybridized carbons (Fsp3) is 0.333. The van der Waals surface area contributed by atoms with E-state index in [-0.39, 0.29) is 17.3 Å². The van der Waals surface area contributed by atoms with Crippen molar-refractivity contribution in [1.82, 2.24) is 10.2 Å². The lowest BCUT2D eigenvalue weighted by Crippen LogP contribution is -2.52. The van der Waals surface area contributed by atoms with Crippen molar-refractivity contribution in [2.75, 3.05) is 24.5 Å². The topological polar surface area (TPSA) is 96.0 Å². The number of anilines is 1. The van der Waals surface area contributed by atoms with Gasteiger partial charge in [-0.3, -0.25) is 13.9 Å². The Morgan fingerprint density at radius 3 is 2.13 bits per heavy atom. The number of para-hydroxylation sites is 1. The van der Waals surface area contributed by atoms with Gasteiger partial charge in [-0.05, 0) is 61.7 Å². The smallest absolute Gasteiger partial charge is 0.264 e. The highest BCUT2D eigenvalue weighted by molar-refractivity contribution is 7.92. The van der Waals surface area contributed by atoms with Gasteiger partial charge < -0.3 is 15.0 Å². The molecule has 0 aliphatic rings. The van der Waals surface area contributed by atoms with Gasteiger partial charge in [0.25, 0.3) is 10.0 Å². The Balaban J connectivity index is 2.01. The van der Waals surface area contributed by atoms with Crippen molar-refractivity contribution < 1.29 is 22.7 Å². The zero-order valence-electron chi connectivity index (χ0n) is 23.0. The number of sulfonamides is 1. The van der Waals surface area contributed by atoms with Gasteiger partial charge in [0.2, 0.25) is 11.8 Å². The van der Waals surface area contributed by atoms with E-state index in [1.165, 1.54) is 24.1 Å². The van der Waals surface area contributed by atoms with Gasteiger partial charge in [0, 0.05) is 13.1 Å². The number of nitrogens with one attached hydrogen (secondary N) is 1. The quantitative estimate of drug-likeness (QED) is 0.337. The third-order valence-corrected chi connectivity index (χ3v) is 8.17. The van der Waals surface area contributed by atoms with Gasteiger partial charge in [-0.2, -0.15) is 0 Å². The molecule has 0 spiro atoms. The average molecular weight is 552 g/mol. The van der Waals surface area contributed by atoms with E-state index in [1.54, 1.807) is 42.5 Å². The van der Waals surface area contributed by atoms with E-state index >= 15 is 0 Å². The predicted octanol–water partition coefficient (Wildman–Crippen LogP) is 4.53. The Labute approximate surface area is 231 Å². The number of carbonyl (C=O) groups is 2. The van der Waals surface area contributed by atoms with E-state index in [0.717, 1.165) is 21.9 Å². The number of ether oxygens (including phenoxy) is 1. The molecule has 3 rings (SSSR count). The molecule has 0 heterocycles. The SMILES string of the molecule is CCCNC(=O)C(CC)N(Cc1ccc(C)cc1)C(=O)CN(c1ccccc1)S(=O)(=O)c1ccc(OC)cc1. The molecule has 0 aromatic heterocycles. The maximum Gasteiger partial charge on any atom is 0.264 e. The fourth-order valence-corrected chi connectivity index (χ4v) is 5.59. The lowest BCUT2D eigenvalue weighted by molar-refractivity contribution is -0.140. The Bertz CT molecular complexity index is 1330. The van der Waals surface area contributed by atoms with Crippen molar-refractivity contribution >= 4 is 27.5 Å². The molecule has 1 N–H and O–H groups in total. The molecule has 0 aliphatic carbocycles. The Hall–Kier alpha value is -3.85. The zero-order valence-corrected chi connectivity index (χ0v) is 23.8. The summed E-state index contributed by atoms with van der Waals surface area (Å²) in [6, 6.07) is 21.5. The van der Waals surface area contributed by atoms with Gasteiger partial charge in [0.15, 0.2) is 0 Å². The second-order valence-electron chi connectivity index (χ2n) is 9.25. The third kappa shape index (κ3) is 7.60. The summed E-state index contributed by atoms with van der Waals surface area (Å²) in [5.41, 5.74) is 2.27. The van der Waals surface area contributed by atoms with Crippen LogP contribution in [0.15, 0.2) is 83.8 Å². The minimum Gasteiger partial charge on any atom is -0.497 e. The van der Waals surface area contributed by atoms with Crippen LogP contribution in [0.3, 0.4) is 0 Å². The standard InChI is InChI=1S/C30H37N3O5S/c1-5-20-31-30(35)28(6-2)32(21-24-14-12-23(3)13-15-24)29(34)22-33(25-10-8-7-9-11-25)39(36,37)27-18-16-26(38-4)17-19-27/h7-19,28H,5-6,20-22H2,1-4H3,(H,31,35). The first-order valence-electron chi connectivity index (χ1n) is 13.1. The molecular weight excluding hydrogens is 514 g/mol. The summed E-state index contributed by atoms with van der Waals surface area (Å²) in [7, 11) is -2.62. The third-order valence-electron chi connectivity index (χ3n) is 6.38. The van der Waals surface area contributed by atoms with Crippen molar-refractivity contribution in [2.45, 2.75) is 51.1 Å². The van der Waals surface area contributed by atoms with Crippen molar-refractivity contribution in [3.05, 3.63) is 90.0 Å². The Morgan fingerprint density at radius 2 is 1.56 bits per heavy atom. The number of hydrogen-bond acceptors (Lipinski definition) is 5. The zero-order chi connectivity index (χ0) is 28.4. The first-order valence-corrected chi connectivity index (χ1v) is 14.5. The van der Waals surface area contributed by atoms with E-state index < -0.39 is 28.5 Å². The molecular formula is C30H37N3O5S. The summed E-state index contributed by atoms with van der Waals surface area (Å²) in [5, 5.41) is 2.89. The van der Waals surface area contributed by atoms with Crippen LogP contribution in [-0.2, 0) is 26.2 Å². The van der Waals surface area contributed by atoms with Gasteiger partial charge in [-0.1, -0.05) is 61.9 Å². The number of carbonyl (C=O) groups excluding carboxylic acids is 2. The largest absolute Gasteiger partial charge is 0.497 e. The van der Waals surface area contributed by atoms with E-state index in [4.69, 9.17) is 4.74 Å². The molecule has 208 valence electrons. The molecule has 0 radical (unpaired) electrons. The highest BCUT2D eigenvalue weighted by atomic mass is 32.2. The molecule has 0 aliphatic heterocycles. The van der Waals surface area contributed by atoms with Crippen LogP contribution in [0.1, 0.15) is 37.8 Å². The molecule has 3 aromatic carbocycles. The number of hydrogen-bond donors (Lipinski definition) is 1. The minimum atomic E-state index is -4.12. The van der Waals surface area contributed by atoms with Gasteiger partial charge >= 0.3 is 0 Å². The molecule has 0 saturated carbocycles. The van der Waals surface area contributed by atoms with Crippen molar-refractivity contribution in [2.24, 2.45) is 0 Å². The highest BCUT2D eigenvalue weighted by Gasteiger charge is 2.33. The Kier molecular flexibility index (Phi) is 10.5. The second kappa shape index (κ2) is 13.8. The van der Waals surface area contributed by atoms with Crippen LogP contribution < -0.4 is 14.4 Å². The summed E-state index contributed by atoms with van der Waals surface area (Å²) in [6.45, 7) is 5.96. The maximum atomic E-state index is 14.0. The van der Waals surface area contributed by atoms with E-state index in [2.05, 4.69) is 5.32 Å².